The van der Waals surface area contributed by atoms with Crippen molar-refractivity contribution in [3.63, 3.8) is 0 Å². The molecular formula is C20H19N3O5. The Balaban J connectivity index is 1.57. The monoisotopic (exact) mass is 381 g/mol. The smallest absolute Gasteiger partial charge is 0.337 e. The number of carbonyl (C=O) groups excluding carboxylic acids is 4. The highest BCUT2D eigenvalue weighted by Gasteiger charge is 2.21. The molecule has 28 heavy (non-hydrogen) atoms. The van der Waals surface area contributed by atoms with Crippen LogP contribution in [0.2, 0.25) is 0 Å². The number of nitrogens with one attached hydrogen (secondary N) is 2. The summed E-state index contributed by atoms with van der Waals surface area (Å²) in [6, 6.07) is 12.7. The molecule has 1 aliphatic rings. The Hall–Kier alpha value is -3.68. The van der Waals surface area contributed by atoms with Gasteiger partial charge in [-0.25, -0.2) is 4.79 Å². The first kappa shape index (κ1) is 19.1. The van der Waals surface area contributed by atoms with Crippen molar-refractivity contribution >= 4 is 40.8 Å². The fourth-order valence-electron chi connectivity index (χ4n) is 2.83. The molecule has 1 saturated heterocycles. The highest BCUT2D eigenvalue weighted by atomic mass is 16.5. The quantitative estimate of drug-likeness (QED) is 0.624. The van der Waals surface area contributed by atoms with Crippen molar-refractivity contribution in [2.75, 3.05) is 29.2 Å². The van der Waals surface area contributed by atoms with E-state index in [1.54, 1.807) is 29.2 Å². The standard InChI is InChI=1S/C20H19N3O5/c1-28-20(27)13-4-6-14(7-5-13)21-18(25)19(26)22-15-8-10-16(11-9-15)23-12-2-3-17(23)24/h4-11H,2-3,12H2,1H3,(H,21,25)(H,22,26). The minimum atomic E-state index is -0.843. The van der Waals surface area contributed by atoms with Crippen LogP contribution in [0.15, 0.2) is 48.5 Å². The van der Waals surface area contributed by atoms with Gasteiger partial charge in [0.25, 0.3) is 0 Å². The number of anilines is 3. The minimum absolute atomic E-state index is 0.0781. The van der Waals surface area contributed by atoms with E-state index < -0.39 is 17.8 Å². The second-order valence-corrected chi connectivity index (χ2v) is 6.17. The van der Waals surface area contributed by atoms with Crippen LogP contribution in [0.5, 0.6) is 0 Å². The van der Waals surface area contributed by atoms with Gasteiger partial charge in [-0.05, 0) is 55.0 Å². The predicted octanol–water partition coefficient (Wildman–Crippen LogP) is 2.18. The summed E-state index contributed by atoms with van der Waals surface area (Å²) in [4.78, 5) is 48.9. The number of methoxy groups -OCH3 is 1. The van der Waals surface area contributed by atoms with E-state index in [9.17, 15) is 19.2 Å². The molecule has 0 unspecified atom stereocenters. The fourth-order valence-corrected chi connectivity index (χ4v) is 2.83. The van der Waals surface area contributed by atoms with Crippen molar-refractivity contribution in [2.45, 2.75) is 12.8 Å². The summed E-state index contributed by atoms with van der Waals surface area (Å²) in [6.45, 7) is 0.682. The summed E-state index contributed by atoms with van der Waals surface area (Å²) in [6.07, 6.45) is 1.37. The van der Waals surface area contributed by atoms with Crippen LogP contribution >= 0.6 is 0 Å². The van der Waals surface area contributed by atoms with Crippen LogP contribution in [0.4, 0.5) is 17.1 Å². The summed E-state index contributed by atoms with van der Waals surface area (Å²) in [5, 5.41) is 4.95. The Bertz CT molecular complexity index is 906. The molecule has 1 fully saturated rings. The van der Waals surface area contributed by atoms with E-state index in [0.29, 0.717) is 29.9 Å². The number of hydrogen-bond donors (Lipinski definition) is 2. The van der Waals surface area contributed by atoms with E-state index >= 15 is 0 Å². The van der Waals surface area contributed by atoms with E-state index in [1.165, 1.54) is 31.4 Å². The van der Waals surface area contributed by atoms with Crippen molar-refractivity contribution in [1.82, 2.24) is 0 Å². The number of esters is 1. The van der Waals surface area contributed by atoms with E-state index in [0.717, 1.165) is 12.1 Å². The van der Waals surface area contributed by atoms with Gasteiger partial charge in [0.2, 0.25) is 5.91 Å². The number of amides is 3. The summed E-state index contributed by atoms with van der Waals surface area (Å²) in [5.74, 6) is -2.09. The van der Waals surface area contributed by atoms with Gasteiger partial charge in [-0.3, -0.25) is 14.4 Å². The topological polar surface area (TPSA) is 105 Å². The molecule has 2 aromatic rings. The van der Waals surface area contributed by atoms with Gasteiger partial charge in [0.1, 0.15) is 0 Å². The summed E-state index contributed by atoms with van der Waals surface area (Å²) in [5.41, 5.74) is 1.91. The third-order valence-electron chi connectivity index (χ3n) is 4.28. The lowest BCUT2D eigenvalue weighted by molar-refractivity contribution is -0.132. The number of benzene rings is 2. The maximum Gasteiger partial charge on any atom is 0.337 e. The first-order valence-corrected chi connectivity index (χ1v) is 8.69. The van der Waals surface area contributed by atoms with Crippen LogP contribution in [0.25, 0.3) is 0 Å². The second-order valence-electron chi connectivity index (χ2n) is 6.17. The third kappa shape index (κ3) is 4.35. The maximum atomic E-state index is 12.1. The second kappa shape index (κ2) is 8.34. The predicted molar refractivity (Wildman–Crippen MR) is 103 cm³/mol. The highest BCUT2D eigenvalue weighted by Crippen LogP contribution is 2.23. The number of ether oxygens (including phenoxy) is 1. The first-order valence-electron chi connectivity index (χ1n) is 8.69. The molecule has 0 atom stereocenters. The van der Waals surface area contributed by atoms with Crippen LogP contribution in [-0.2, 0) is 19.1 Å². The highest BCUT2D eigenvalue weighted by molar-refractivity contribution is 6.43. The number of hydrogen-bond acceptors (Lipinski definition) is 5. The summed E-state index contributed by atoms with van der Waals surface area (Å²) >= 11 is 0. The molecule has 2 aromatic carbocycles. The molecule has 144 valence electrons. The van der Waals surface area contributed by atoms with E-state index in [2.05, 4.69) is 15.4 Å². The zero-order valence-corrected chi connectivity index (χ0v) is 15.2. The van der Waals surface area contributed by atoms with Gasteiger partial charge in [-0.2, -0.15) is 0 Å². The lowest BCUT2D eigenvalue weighted by Gasteiger charge is -2.16. The van der Waals surface area contributed by atoms with Gasteiger partial charge < -0.3 is 20.3 Å². The summed E-state index contributed by atoms with van der Waals surface area (Å²) < 4.78 is 4.60. The molecule has 0 saturated carbocycles. The molecule has 3 rings (SSSR count). The van der Waals surface area contributed by atoms with Crippen LogP contribution < -0.4 is 15.5 Å². The number of nitrogens with zero attached hydrogens (tertiary/aromatic N) is 1. The molecule has 1 heterocycles. The molecule has 3 amide bonds. The van der Waals surface area contributed by atoms with Gasteiger partial charge in [0, 0.05) is 30.0 Å². The van der Waals surface area contributed by atoms with Gasteiger partial charge in [-0.15, -0.1) is 0 Å². The molecule has 0 spiro atoms. The molecule has 0 aromatic heterocycles. The first-order chi connectivity index (χ1) is 13.5. The van der Waals surface area contributed by atoms with Crippen LogP contribution in [0, 0.1) is 0 Å². The molecule has 0 aliphatic carbocycles. The largest absolute Gasteiger partial charge is 0.465 e. The lowest BCUT2D eigenvalue weighted by Crippen LogP contribution is -2.29. The number of rotatable bonds is 4. The minimum Gasteiger partial charge on any atom is -0.465 e. The van der Waals surface area contributed by atoms with Gasteiger partial charge >= 0.3 is 17.8 Å². The third-order valence-corrected chi connectivity index (χ3v) is 4.28. The molecule has 1 aliphatic heterocycles. The van der Waals surface area contributed by atoms with Gasteiger partial charge in [-0.1, -0.05) is 0 Å². The van der Waals surface area contributed by atoms with Crippen LogP contribution in [0.1, 0.15) is 23.2 Å². The zero-order valence-electron chi connectivity index (χ0n) is 15.2. The zero-order chi connectivity index (χ0) is 20.1. The Morgan fingerprint density at radius 2 is 1.43 bits per heavy atom. The van der Waals surface area contributed by atoms with Crippen molar-refractivity contribution in [3.05, 3.63) is 54.1 Å². The lowest BCUT2D eigenvalue weighted by atomic mass is 10.2. The SMILES string of the molecule is COC(=O)c1ccc(NC(=O)C(=O)Nc2ccc(N3CCCC3=O)cc2)cc1. The molecule has 2 N–H and O–H groups in total. The van der Waals surface area contributed by atoms with Gasteiger partial charge in [0.15, 0.2) is 0 Å². The molecule has 8 heteroatoms. The van der Waals surface area contributed by atoms with Crippen molar-refractivity contribution in [2.24, 2.45) is 0 Å². The van der Waals surface area contributed by atoms with Crippen molar-refractivity contribution in [1.29, 1.82) is 0 Å². The Morgan fingerprint density at radius 1 is 0.893 bits per heavy atom. The molecule has 8 nitrogen and oxygen atoms in total. The number of carbonyl (C=O) groups is 4. The van der Waals surface area contributed by atoms with Crippen molar-refractivity contribution < 1.29 is 23.9 Å². The van der Waals surface area contributed by atoms with Crippen molar-refractivity contribution in [3.8, 4) is 0 Å². The molecule has 0 bridgehead atoms. The molecule has 0 radical (unpaired) electrons. The van der Waals surface area contributed by atoms with E-state index in [-0.39, 0.29) is 5.91 Å². The molecular weight excluding hydrogens is 362 g/mol. The van der Waals surface area contributed by atoms with Gasteiger partial charge in [0.05, 0.1) is 12.7 Å². The maximum absolute atomic E-state index is 12.1. The van der Waals surface area contributed by atoms with E-state index in [1.807, 2.05) is 0 Å². The van der Waals surface area contributed by atoms with E-state index in [4.69, 9.17) is 0 Å². The van der Waals surface area contributed by atoms with Crippen LogP contribution in [-0.4, -0.2) is 37.3 Å². The van der Waals surface area contributed by atoms with Crippen LogP contribution in [0.3, 0.4) is 0 Å². The Kier molecular flexibility index (Phi) is 5.69. The average molecular weight is 381 g/mol. The Morgan fingerprint density at radius 3 is 1.89 bits per heavy atom. The Labute approximate surface area is 161 Å². The normalized spacial score (nSPS) is 13.2. The average Bonchev–Trinajstić information content (AvgIpc) is 3.14. The fraction of sp³-hybridized carbons (Fsp3) is 0.200. The summed E-state index contributed by atoms with van der Waals surface area (Å²) in [7, 11) is 1.28.